The Morgan fingerprint density at radius 1 is 0.603 bits per heavy atom. The Hall–Kier alpha value is -7.43. The Balaban J connectivity index is 0.820. The van der Waals surface area contributed by atoms with Crippen LogP contribution in [0.3, 0.4) is 0 Å². The molecule has 0 spiro atoms. The minimum atomic E-state index is 0.0341. The lowest BCUT2D eigenvalue weighted by Crippen LogP contribution is -2.48. The van der Waals surface area contributed by atoms with Crippen molar-refractivity contribution < 1.29 is 23.8 Å². The minimum absolute atomic E-state index is 0.0341. The number of benzene rings is 2. The number of carbonyl (C=O) groups excluding carboxylic acids is 1. The summed E-state index contributed by atoms with van der Waals surface area (Å²) < 4.78 is 13.9. The fraction of sp³-hybridized carbons (Fsp3) is 0.244. The standard InChI is InChI=1S/C41H38N12O5/c42-39-44-31(21-35-46-37(48-52(35)39)33-3-1-17-57-33)29-19-25(54)5-7-27(29)23-9-13-50(14-10-23)41(56)51-15-11-24(12-16-51)28-8-6-26(55)20-30(28)32-22-36-47-38(34-4-2-18-58-34)49-53(36)40(43)45-32/h1-8,17-24,54-55H,9-16H2,(H2,42,44)(H2,43,45). The van der Waals surface area contributed by atoms with Gasteiger partial charge in [0.1, 0.15) is 11.5 Å². The van der Waals surface area contributed by atoms with Crippen LogP contribution in [0.1, 0.15) is 48.6 Å². The molecule has 8 heterocycles. The highest BCUT2D eigenvalue weighted by atomic mass is 16.3. The molecule has 58 heavy (non-hydrogen) atoms. The van der Waals surface area contributed by atoms with Crippen LogP contribution in [0, 0.1) is 0 Å². The summed E-state index contributed by atoms with van der Waals surface area (Å²) in [5.74, 6) is 2.63. The Morgan fingerprint density at radius 3 is 1.43 bits per heavy atom. The van der Waals surface area contributed by atoms with Crippen LogP contribution in [-0.4, -0.2) is 91.4 Å². The number of amides is 2. The van der Waals surface area contributed by atoms with Gasteiger partial charge in [-0.3, -0.25) is 0 Å². The maximum atomic E-state index is 13.9. The van der Waals surface area contributed by atoms with E-state index in [1.165, 1.54) is 9.03 Å². The number of phenolic OH excluding ortho intramolecular Hbond substituents is 2. The SMILES string of the molecule is Nc1nc(-c2cc(O)ccc2C2CCN(C(=O)N3CCC(c4ccc(O)cc4-c4cc5nc(-c6ccco6)nn5c(N)n4)CC3)CC2)cc2nc(-c3ccco3)nn12. The molecule has 2 aliphatic rings. The van der Waals surface area contributed by atoms with Gasteiger partial charge in [0.2, 0.25) is 23.5 Å². The molecule has 0 atom stereocenters. The second-order valence-electron chi connectivity index (χ2n) is 14.7. The number of nitrogen functional groups attached to an aromatic ring is 2. The Kier molecular flexibility index (Phi) is 8.42. The van der Waals surface area contributed by atoms with Crippen molar-refractivity contribution in [2.24, 2.45) is 0 Å². The average Bonchev–Trinajstić information content (AvgIpc) is 4.08. The van der Waals surface area contributed by atoms with Gasteiger partial charge < -0.3 is 40.3 Å². The lowest BCUT2D eigenvalue weighted by molar-refractivity contribution is 0.128. The van der Waals surface area contributed by atoms with Crippen LogP contribution in [0.4, 0.5) is 16.7 Å². The molecule has 17 heteroatoms. The molecule has 0 bridgehead atoms. The number of carbonyl (C=O) groups is 1. The van der Waals surface area contributed by atoms with Crippen LogP contribution in [0.5, 0.6) is 11.5 Å². The molecule has 17 nitrogen and oxygen atoms in total. The molecule has 292 valence electrons. The first kappa shape index (κ1) is 35.0. The monoisotopic (exact) mass is 778 g/mol. The zero-order valence-corrected chi connectivity index (χ0v) is 31.1. The molecule has 0 saturated carbocycles. The molecule has 6 aromatic heterocycles. The third kappa shape index (κ3) is 6.25. The smallest absolute Gasteiger partial charge is 0.319 e. The summed E-state index contributed by atoms with van der Waals surface area (Å²) in [6, 6.07) is 21.4. The molecule has 0 aliphatic carbocycles. The third-order valence-corrected chi connectivity index (χ3v) is 11.2. The second kappa shape index (κ2) is 13.9. The summed E-state index contributed by atoms with van der Waals surface area (Å²) in [7, 11) is 0. The van der Waals surface area contributed by atoms with E-state index < -0.39 is 0 Å². The molecule has 2 amide bonds. The molecule has 10 rings (SSSR count). The van der Waals surface area contributed by atoms with E-state index in [2.05, 4.69) is 30.1 Å². The van der Waals surface area contributed by atoms with E-state index in [-0.39, 0.29) is 41.3 Å². The number of aromatic nitrogens is 8. The summed E-state index contributed by atoms with van der Waals surface area (Å²) in [5.41, 5.74) is 18.4. The zero-order chi connectivity index (χ0) is 39.5. The first-order valence-corrected chi connectivity index (χ1v) is 19.1. The number of hydrogen-bond donors (Lipinski definition) is 4. The van der Waals surface area contributed by atoms with E-state index in [9.17, 15) is 15.0 Å². The number of likely N-dealkylation sites (tertiary alicyclic amines) is 2. The molecular weight excluding hydrogens is 741 g/mol. The fourth-order valence-corrected chi connectivity index (χ4v) is 8.33. The molecular formula is C41H38N12O5. The predicted octanol–water partition coefficient (Wildman–Crippen LogP) is 6.17. The van der Waals surface area contributed by atoms with Crippen molar-refractivity contribution in [1.29, 1.82) is 0 Å². The highest BCUT2D eigenvalue weighted by Gasteiger charge is 2.32. The summed E-state index contributed by atoms with van der Waals surface area (Å²) >= 11 is 0. The van der Waals surface area contributed by atoms with Crippen molar-refractivity contribution in [3.05, 3.63) is 96.4 Å². The number of anilines is 2. The normalized spacial score (nSPS) is 15.5. The molecule has 0 unspecified atom stereocenters. The van der Waals surface area contributed by atoms with Gasteiger partial charge in [-0.05, 0) is 97.2 Å². The summed E-state index contributed by atoms with van der Waals surface area (Å²) in [6.07, 6.45) is 6.10. The Labute approximate surface area is 330 Å². The van der Waals surface area contributed by atoms with E-state index >= 15 is 0 Å². The lowest BCUT2D eigenvalue weighted by Gasteiger charge is -2.39. The maximum absolute atomic E-state index is 13.9. The molecule has 0 radical (unpaired) electrons. The number of rotatable bonds is 6. The van der Waals surface area contributed by atoms with Crippen LogP contribution in [0.15, 0.2) is 94.2 Å². The molecule has 2 saturated heterocycles. The number of hydrogen-bond acceptors (Lipinski definition) is 13. The van der Waals surface area contributed by atoms with Crippen LogP contribution in [0.2, 0.25) is 0 Å². The van der Waals surface area contributed by atoms with Crippen LogP contribution >= 0.6 is 0 Å². The number of phenols is 2. The first-order valence-electron chi connectivity index (χ1n) is 19.1. The Bertz CT molecular complexity index is 2610. The highest BCUT2D eigenvalue weighted by molar-refractivity contribution is 5.76. The second-order valence-corrected chi connectivity index (χ2v) is 14.7. The third-order valence-electron chi connectivity index (χ3n) is 11.2. The average molecular weight is 779 g/mol. The lowest BCUT2D eigenvalue weighted by atomic mass is 9.85. The van der Waals surface area contributed by atoms with Gasteiger partial charge in [0.05, 0.1) is 23.9 Å². The number of nitrogens with zero attached hydrogens (tertiary/aromatic N) is 10. The van der Waals surface area contributed by atoms with Crippen molar-refractivity contribution >= 4 is 29.2 Å². The first-order chi connectivity index (χ1) is 28.3. The quantitative estimate of drug-likeness (QED) is 0.148. The minimum Gasteiger partial charge on any atom is -0.508 e. The number of nitrogens with two attached hydrogens (primary N) is 2. The molecule has 6 N–H and O–H groups in total. The largest absolute Gasteiger partial charge is 0.508 e. The molecule has 2 aliphatic heterocycles. The topological polar surface area (TPSA) is 228 Å². The summed E-state index contributed by atoms with van der Waals surface area (Å²) in [5, 5.41) is 30.0. The number of urea groups is 1. The van der Waals surface area contributed by atoms with E-state index in [0.717, 1.165) is 47.9 Å². The zero-order valence-electron chi connectivity index (χ0n) is 31.1. The van der Waals surface area contributed by atoms with Crippen LogP contribution in [0.25, 0.3) is 57.0 Å². The molecule has 2 aromatic carbocycles. The van der Waals surface area contributed by atoms with Gasteiger partial charge in [0, 0.05) is 49.4 Å². The molecule has 8 aromatic rings. The van der Waals surface area contributed by atoms with Gasteiger partial charge in [0.25, 0.3) is 0 Å². The van der Waals surface area contributed by atoms with Crippen molar-refractivity contribution in [2.45, 2.75) is 37.5 Å². The van der Waals surface area contributed by atoms with Gasteiger partial charge in [-0.2, -0.15) is 9.03 Å². The Morgan fingerprint density at radius 2 is 1.03 bits per heavy atom. The van der Waals surface area contributed by atoms with Crippen molar-refractivity contribution in [3.63, 3.8) is 0 Å². The van der Waals surface area contributed by atoms with E-state index in [1.54, 1.807) is 73.2 Å². The van der Waals surface area contributed by atoms with E-state index in [4.69, 9.17) is 20.3 Å². The number of aromatic hydroxyl groups is 2. The number of fused-ring (bicyclic) bond motifs is 2. The van der Waals surface area contributed by atoms with Gasteiger partial charge in [0.15, 0.2) is 22.8 Å². The number of furan rings is 2. The fourth-order valence-electron chi connectivity index (χ4n) is 8.33. The summed E-state index contributed by atoms with van der Waals surface area (Å²) in [6.45, 7) is 2.38. The van der Waals surface area contributed by atoms with Gasteiger partial charge in [-0.15, -0.1) is 10.2 Å². The summed E-state index contributed by atoms with van der Waals surface area (Å²) in [4.78, 5) is 36.3. The van der Waals surface area contributed by atoms with Crippen molar-refractivity contribution in [3.8, 4) is 57.2 Å². The maximum Gasteiger partial charge on any atom is 0.319 e. The van der Waals surface area contributed by atoms with Gasteiger partial charge >= 0.3 is 6.03 Å². The van der Waals surface area contributed by atoms with Gasteiger partial charge in [-0.25, -0.2) is 24.7 Å². The van der Waals surface area contributed by atoms with Crippen LogP contribution in [-0.2, 0) is 0 Å². The predicted molar refractivity (Wildman–Crippen MR) is 212 cm³/mol. The molecule has 2 fully saturated rings. The highest BCUT2D eigenvalue weighted by Crippen LogP contribution is 2.40. The van der Waals surface area contributed by atoms with Crippen LogP contribution < -0.4 is 11.5 Å². The number of piperidine rings is 2. The van der Waals surface area contributed by atoms with E-state index in [1.807, 2.05) is 21.9 Å². The van der Waals surface area contributed by atoms with Crippen molar-refractivity contribution in [1.82, 2.24) is 49.0 Å². The van der Waals surface area contributed by atoms with Gasteiger partial charge in [-0.1, -0.05) is 12.1 Å². The van der Waals surface area contributed by atoms with E-state index in [0.29, 0.717) is 72.0 Å². The van der Waals surface area contributed by atoms with Crippen molar-refractivity contribution in [2.75, 3.05) is 37.6 Å².